The number of benzene rings is 1. The molecule has 0 aliphatic carbocycles. The van der Waals surface area contributed by atoms with Crippen molar-refractivity contribution < 1.29 is 23.6 Å². The van der Waals surface area contributed by atoms with E-state index in [4.69, 9.17) is 19.9 Å². The van der Waals surface area contributed by atoms with Gasteiger partial charge in [0.15, 0.2) is 11.5 Å². The van der Waals surface area contributed by atoms with Gasteiger partial charge in [-0.2, -0.15) is 0 Å². The molecular formula is C25H38N7O5P. The van der Waals surface area contributed by atoms with E-state index in [9.17, 15) is 9.36 Å². The van der Waals surface area contributed by atoms with Crippen molar-refractivity contribution in [2.24, 2.45) is 0 Å². The summed E-state index contributed by atoms with van der Waals surface area (Å²) in [4.78, 5) is 25.2. The molecule has 0 radical (unpaired) electrons. The fraction of sp³-hybridized carbons (Fsp3) is 0.520. The van der Waals surface area contributed by atoms with Gasteiger partial charge in [0.2, 0.25) is 7.44 Å². The first-order valence-electron chi connectivity index (χ1n) is 12.5. The van der Waals surface area contributed by atoms with Crippen molar-refractivity contribution in [3.8, 4) is 5.75 Å². The topological polar surface area (TPSA) is 156 Å². The summed E-state index contributed by atoms with van der Waals surface area (Å²) >= 11 is 0. The number of methoxy groups -OCH3 is 1. The average Bonchev–Trinajstić information content (AvgIpc) is 3.29. The molecular weight excluding hydrogens is 509 g/mol. The van der Waals surface area contributed by atoms with E-state index in [1.165, 1.54) is 6.33 Å². The molecule has 0 aliphatic rings. The average molecular weight is 548 g/mol. The lowest BCUT2D eigenvalue weighted by molar-refractivity contribution is -0.149. The number of hydrogen-bond donors (Lipinski definition) is 3. The van der Waals surface area contributed by atoms with Gasteiger partial charge in [0.25, 0.3) is 0 Å². The Morgan fingerprint density at radius 2 is 1.95 bits per heavy atom. The fourth-order valence-electron chi connectivity index (χ4n) is 3.97. The van der Waals surface area contributed by atoms with E-state index < -0.39 is 19.0 Å². The number of para-hydroxylation sites is 1. The molecule has 3 aromatic rings. The molecule has 2 aromatic heterocycles. The third-order valence-corrected chi connectivity index (χ3v) is 8.08. The molecule has 0 bridgehead atoms. The number of carbonyl (C=O) groups excluding carboxylic acids is 1. The molecule has 0 saturated carbocycles. The minimum Gasteiger partial charge on any atom is -0.496 e. The summed E-state index contributed by atoms with van der Waals surface area (Å²) in [7, 11) is -1.95. The molecule has 12 nitrogen and oxygen atoms in total. The number of fused-ring (bicyclic) bond motifs is 1. The number of nitrogens with zero attached hydrogens (tertiary/aromatic N) is 4. The van der Waals surface area contributed by atoms with Crippen LogP contribution in [-0.4, -0.2) is 57.2 Å². The molecule has 4 N–H and O–H groups in total. The number of rotatable bonds is 14. The van der Waals surface area contributed by atoms with Gasteiger partial charge in [-0.05, 0) is 40.2 Å². The van der Waals surface area contributed by atoms with Gasteiger partial charge in [-0.1, -0.05) is 25.1 Å². The Balaban J connectivity index is 1.79. The van der Waals surface area contributed by atoms with Crippen molar-refractivity contribution in [2.75, 3.05) is 25.8 Å². The summed E-state index contributed by atoms with van der Waals surface area (Å²) in [6.45, 7) is 9.58. The summed E-state index contributed by atoms with van der Waals surface area (Å²) in [5, 5.41) is 6.19. The lowest BCUT2D eigenvalue weighted by Crippen LogP contribution is -2.49. The maximum Gasteiger partial charge on any atom is 0.326 e. The zero-order valence-electron chi connectivity index (χ0n) is 22.8. The Bertz CT molecular complexity index is 1280. The van der Waals surface area contributed by atoms with E-state index in [1.807, 2.05) is 45.0 Å². The van der Waals surface area contributed by atoms with Crippen LogP contribution < -0.4 is 20.6 Å². The molecule has 3 atom stereocenters. The smallest absolute Gasteiger partial charge is 0.326 e. The SMILES string of the molecule is CCCOC(=O)C(C)(C)N[P@](=O)(CO[C@H](C)Cn1cnc2c(N)ncnc21)N[C@@H](C)c1ccccc1OC. The molecule has 208 valence electrons. The summed E-state index contributed by atoms with van der Waals surface area (Å²) in [5.74, 6) is 0.451. The molecule has 0 unspecified atom stereocenters. The molecule has 0 amide bonds. The van der Waals surface area contributed by atoms with Crippen molar-refractivity contribution in [3.05, 3.63) is 42.5 Å². The van der Waals surface area contributed by atoms with Crippen molar-refractivity contribution in [2.45, 2.75) is 65.3 Å². The second-order valence-electron chi connectivity index (χ2n) is 9.64. The van der Waals surface area contributed by atoms with Gasteiger partial charge >= 0.3 is 5.97 Å². The zero-order chi connectivity index (χ0) is 27.9. The van der Waals surface area contributed by atoms with Gasteiger partial charge in [-0.15, -0.1) is 0 Å². The first-order chi connectivity index (χ1) is 18.0. The Labute approximate surface area is 223 Å². The van der Waals surface area contributed by atoms with Crippen LogP contribution in [0.1, 0.15) is 52.6 Å². The van der Waals surface area contributed by atoms with Crippen LogP contribution in [0.5, 0.6) is 5.75 Å². The van der Waals surface area contributed by atoms with Gasteiger partial charge in [-0.25, -0.2) is 25.1 Å². The molecule has 2 heterocycles. The summed E-state index contributed by atoms with van der Waals surface area (Å²) in [5.41, 5.74) is 6.55. The van der Waals surface area contributed by atoms with E-state index in [2.05, 4.69) is 25.1 Å². The van der Waals surface area contributed by atoms with Gasteiger partial charge in [0.05, 0.1) is 32.7 Å². The first kappa shape index (κ1) is 29.5. The lowest BCUT2D eigenvalue weighted by atomic mass is 10.1. The predicted molar refractivity (Wildman–Crippen MR) is 146 cm³/mol. The van der Waals surface area contributed by atoms with Crippen molar-refractivity contribution >= 4 is 30.4 Å². The highest BCUT2D eigenvalue weighted by Crippen LogP contribution is 2.43. The van der Waals surface area contributed by atoms with Crippen LogP contribution >= 0.6 is 7.44 Å². The van der Waals surface area contributed by atoms with Crippen LogP contribution in [0.15, 0.2) is 36.9 Å². The molecule has 0 saturated heterocycles. The van der Waals surface area contributed by atoms with Crippen LogP contribution in [0.25, 0.3) is 11.2 Å². The van der Waals surface area contributed by atoms with Crippen molar-refractivity contribution in [1.29, 1.82) is 0 Å². The maximum absolute atomic E-state index is 14.3. The second kappa shape index (κ2) is 12.7. The molecule has 13 heteroatoms. The molecule has 0 spiro atoms. The van der Waals surface area contributed by atoms with Crippen LogP contribution in [0.2, 0.25) is 0 Å². The Hall–Kier alpha value is -3.05. The number of nitrogens with one attached hydrogen (secondary N) is 2. The zero-order valence-corrected chi connectivity index (χ0v) is 23.7. The quantitative estimate of drug-likeness (QED) is 0.200. The normalized spacial score (nSPS) is 15.1. The predicted octanol–water partition coefficient (Wildman–Crippen LogP) is 3.65. The molecule has 3 rings (SSSR count). The number of anilines is 1. The molecule has 0 aliphatic heterocycles. The number of carbonyl (C=O) groups is 1. The van der Waals surface area contributed by atoms with E-state index in [0.29, 0.717) is 35.7 Å². The number of imidazole rings is 1. The van der Waals surface area contributed by atoms with E-state index in [0.717, 1.165) is 5.56 Å². The highest BCUT2D eigenvalue weighted by Gasteiger charge is 2.38. The number of hydrogen-bond acceptors (Lipinski definition) is 9. The van der Waals surface area contributed by atoms with Crippen molar-refractivity contribution in [1.82, 2.24) is 29.7 Å². The van der Waals surface area contributed by atoms with Crippen molar-refractivity contribution in [3.63, 3.8) is 0 Å². The van der Waals surface area contributed by atoms with Crippen LogP contribution in [0.3, 0.4) is 0 Å². The van der Waals surface area contributed by atoms with E-state index in [-0.39, 0.29) is 25.1 Å². The monoisotopic (exact) mass is 547 g/mol. The first-order valence-corrected chi connectivity index (χ1v) is 14.4. The second-order valence-corrected chi connectivity index (χ2v) is 11.9. The highest BCUT2D eigenvalue weighted by atomic mass is 31.2. The van der Waals surface area contributed by atoms with Gasteiger partial charge in [-0.3, -0.25) is 9.36 Å². The molecule has 0 fully saturated rings. The number of nitrogen functional groups attached to an aromatic ring is 1. The van der Waals surface area contributed by atoms with Gasteiger partial charge in [0.1, 0.15) is 29.5 Å². The minimum atomic E-state index is -3.53. The van der Waals surface area contributed by atoms with Crippen LogP contribution in [0.4, 0.5) is 5.82 Å². The third kappa shape index (κ3) is 7.28. The third-order valence-electron chi connectivity index (χ3n) is 5.84. The van der Waals surface area contributed by atoms with E-state index >= 15 is 0 Å². The summed E-state index contributed by atoms with van der Waals surface area (Å²) < 4.78 is 33.0. The Morgan fingerprint density at radius 1 is 1.21 bits per heavy atom. The molecule has 38 heavy (non-hydrogen) atoms. The Morgan fingerprint density at radius 3 is 2.66 bits per heavy atom. The van der Waals surface area contributed by atoms with Gasteiger partial charge < -0.3 is 24.5 Å². The summed E-state index contributed by atoms with van der Waals surface area (Å²) in [6.07, 6.45) is 3.10. The Kier molecular flexibility index (Phi) is 9.83. The largest absolute Gasteiger partial charge is 0.496 e. The van der Waals surface area contributed by atoms with E-state index in [1.54, 1.807) is 31.9 Å². The number of ether oxygens (including phenoxy) is 3. The lowest BCUT2D eigenvalue weighted by Gasteiger charge is -2.33. The highest BCUT2D eigenvalue weighted by molar-refractivity contribution is 7.59. The van der Waals surface area contributed by atoms with Crippen LogP contribution in [-0.2, 0) is 25.4 Å². The standard InChI is InChI=1S/C25H38N7O5P/c1-7-12-36-24(33)25(4,5)31-38(34,30-18(3)19-10-8-9-11-20(19)35-6)16-37-17(2)13-32-15-29-21-22(26)27-14-28-23(21)32/h8-11,14-15,17-18H,7,12-13,16H2,1-6H3,(H2,26,27,28)(H2,30,31,34)/t17-,18+,38+/m1/s1. The maximum atomic E-state index is 14.3. The number of esters is 1. The summed E-state index contributed by atoms with van der Waals surface area (Å²) in [6, 6.07) is 7.08. The fourth-order valence-corrected chi connectivity index (χ4v) is 6.40. The number of aromatic nitrogens is 4. The van der Waals surface area contributed by atoms with Gasteiger partial charge in [0, 0.05) is 11.6 Å². The number of nitrogens with two attached hydrogens (primary N) is 1. The van der Waals surface area contributed by atoms with Crippen LogP contribution in [0, 0.1) is 0 Å². The minimum absolute atomic E-state index is 0.193. The molecule has 1 aromatic carbocycles.